The quantitative estimate of drug-likeness (QED) is 0.419. The monoisotopic (exact) mass is 495 g/mol. The van der Waals surface area contributed by atoms with Crippen molar-refractivity contribution < 1.29 is 4.79 Å². The van der Waals surface area contributed by atoms with E-state index in [-0.39, 0.29) is 11.3 Å². The van der Waals surface area contributed by atoms with Gasteiger partial charge in [0.05, 0.1) is 10.7 Å². The molecule has 6 heteroatoms. The fourth-order valence-corrected chi connectivity index (χ4v) is 4.68. The van der Waals surface area contributed by atoms with E-state index in [2.05, 4.69) is 42.0 Å². The molecule has 0 unspecified atom stereocenters. The van der Waals surface area contributed by atoms with Crippen molar-refractivity contribution in [2.24, 2.45) is 0 Å². The second-order valence-electron chi connectivity index (χ2n) is 9.80. The van der Waals surface area contributed by atoms with Crippen molar-refractivity contribution in [1.29, 1.82) is 0 Å². The van der Waals surface area contributed by atoms with E-state index in [0.717, 1.165) is 49.0 Å². The first-order valence-corrected chi connectivity index (χ1v) is 12.4. The van der Waals surface area contributed by atoms with Crippen LogP contribution in [0.3, 0.4) is 0 Å². The van der Waals surface area contributed by atoms with E-state index in [1.807, 2.05) is 60.7 Å². The van der Waals surface area contributed by atoms with E-state index < -0.39 is 0 Å². The van der Waals surface area contributed by atoms with Crippen molar-refractivity contribution in [1.82, 2.24) is 4.90 Å². The zero-order valence-electron chi connectivity index (χ0n) is 19.9. The Labute approximate surface area is 212 Å². The van der Waals surface area contributed by atoms with Gasteiger partial charge in [0.1, 0.15) is 0 Å². The average molecular weight is 496 g/mol. The molecule has 1 fully saturated rings. The van der Waals surface area contributed by atoms with Crippen molar-refractivity contribution in [3.8, 4) is 0 Å². The van der Waals surface area contributed by atoms with Crippen molar-refractivity contribution in [2.75, 3.05) is 36.4 Å². The normalized spacial score (nSPS) is 14.8. The van der Waals surface area contributed by atoms with Crippen molar-refractivity contribution in [3.05, 3.63) is 93.5 Å². The molecule has 34 heavy (non-hydrogen) atoms. The molecule has 178 valence electrons. The molecule has 4 nitrogen and oxygen atoms in total. The molecule has 4 rings (SSSR count). The lowest BCUT2D eigenvalue weighted by molar-refractivity contribution is 0.102. The summed E-state index contributed by atoms with van der Waals surface area (Å²) in [5.41, 5.74) is 4.72. The van der Waals surface area contributed by atoms with Gasteiger partial charge in [-0.15, -0.1) is 0 Å². The van der Waals surface area contributed by atoms with Crippen LogP contribution >= 0.6 is 23.2 Å². The summed E-state index contributed by atoms with van der Waals surface area (Å²) in [6.07, 6.45) is 0. The molecule has 0 bridgehead atoms. The molecular weight excluding hydrogens is 465 g/mol. The van der Waals surface area contributed by atoms with E-state index in [4.69, 9.17) is 23.2 Å². The van der Waals surface area contributed by atoms with Crippen LogP contribution in [0.15, 0.2) is 66.7 Å². The number of nitrogens with one attached hydrogen (secondary N) is 1. The number of carbonyl (C=O) groups excluding carboxylic acids is 1. The third kappa shape index (κ3) is 5.93. The van der Waals surface area contributed by atoms with Gasteiger partial charge in [-0.05, 0) is 52.9 Å². The Kier molecular flexibility index (Phi) is 7.51. The van der Waals surface area contributed by atoms with Crippen molar-refractivity contribution in [3.63, 3.8) is 0 Å². The molecule has 0 radical (unpaired) electrons. The van der Waals surface area contributed by atoms with Gasteiger partial charge in [0.2, 0.25) is 0 Å². The SMILES string of the molecule is CC(C)(C)c1ccc(C(=O)Nc2ccc(N3CCN(Cc4ccccc4Cl)CC3)c(Cl)c2)cc1. The van der Waals surface area contributed by atoms with Crippen LogP contribution in [0.25, 0.3) is 0 Å². The first-order chi connectivity index (χ1) is 16.2. The highest BCUT2D eigenvalue weighted by Crippen LogP contribution is 2.30. The highest BCUT2D eigenvalue weighted by atomic mass is 35.5. The van der Waals surface area contributed by atoms with Gasteiger partial charge in [-0.3, -0.25) is 9.69 Å². The van der Waals surface area contributed by atoms with Crippen LogP contribution in [-0.2, 0) is 12.0 Å². The average Bonchev–Trinajstić information content (AvgIpc) is 2.81. The molecule has 0 atom stereocenters. The number of benzene rings is 3. The molecule has 1 aliphatic rings. The maximum Gasteiger partial charge on any atom is 0.255 e. The van der Waals surface area contributed by atoms with E-state index >= 15 is 0 Å². The van der Waals surface area contributed by atoms with Crippen LogP contribution in [0, 0.1) is 0 Å². The summed E-state index contributed by atoms with van der Waals surface area (Å²) in [4.78, 5) is 17.4. The highest BCUT2D eigenvalue weighted by Gasteiger charge is 2.20. The number of amides is 1. The second-order valence-corrected chi connectivity index (χ2v) is 10.6. The largest absolute Gasteiger partial charge is 0.368 e. The number of hydrogen-bond donors (Lipinski definition) is 1. The standard InChI is InChI=1S/C28H31Cl2N3O/c1-28(2,3)22-10-8-20(9-11-22)27(34)31-23-12-13-26(25(30)18-23)33-16-14-32(15-17-33)19-21-6-4-5-7-24(21)29/h4-13,18H,14-17,19H2,1-3H3,(H,31,34). The molecule has 0 saturated carbocycles. The van der Waals surface area contributed by atoms with Crippen LogP contribution in [0.2, 0.25) is 10.0 Å². The summed E-state index contributed by atoms with van der Waals surface area (Å²) in [6, 6.07) is 21.5. The van der Waals surface area contributed by atoms with Gasteiger partial charge in [0, 0.05) is 49.0 Å². The highest BCUT2D eigenvalue weighted by molar-refractivity contribution is 6.33. The molecule has 3 aromatic rings. The fraction of sp³-hybridized carbons (Fsp3) is 0.321. The molecule has 1 aliphatic heterocycles. The fourth-order valence-electron chi connectivity index (χ4n) is 4.18. The summed E-state index contributed by atoms with van der Waals surface area (Å²) in [6.45, 7) is 11.0. The van der Waals surface area contributed by atoms with E-state index in [0.29, 0.717) is 16.3 Å². The number of piperazine rings is 1. The Hall–Kier alpha value is -2.53. The van der Waals surface area contributed by atoms with Gasteiger partial charge in [0.25, 0.3) is 5.91 Å². The number of rotatable bonds is 5. The topological polar surface area (TPSA) is 35.6 Å². The van der Waals surface area contributed by atoms with Crippen molar-refractivity contribution >= 4 is 40.5 Å². The maximum absolute atomic E-state index is 12.7. The van der Waals surface area contributed by atoms with Gasteiger partial charge >= 0.3 is 0 Å². The molecule has 1 N–H and O–H groups in total. The number of halogens is 2. The predicted octanol–water partition coefficient (Wildman–Crippen LogP) is 6.87. The minimum atomic E-state index is -0.141. The Morgan fingerprint density at radius 1 is 0.882 bits per heavy atom. The molecule has 0 aliphatic carbocycles. The lowest BCUT2D eigenvalue weighted by atomic mass is 9.87. The molecule has 0 aromatic heterocycles. The van der Waals surface area contributed by atoms with Gasteiger partial charge in [-0.25, -0.2) is 0 Å². The molecule has 1 amide bonds. The summed E-state index contributed by atoms with van der Waals surface area (Å²) < 4.78 is 0. The third-order valence-electron chi connectivity index (χ3n) is 6.28. The van der Waals surface area contributed by atoms with E-state index in [1.165, 1.54) is 5.56 Å². The van der Waals surface area contributed by atoms with Crippen molar-refractivity contribution in [2.45, 2.75) is 32.7 Å². The summed E-state index contributed by atoms with van der Waals surface area (Å²) >= 11 is 12.9. The minimum Gasteiger partial charge on any atom is -0.368 e. The molecular formula is C28H31Cl2N3O. The first kappa shape index (κ1) is 24.6. The Morgan fingerprint density at radius 3 is 2.18 bits per heavy atom. The summed E-state index contributed by atoms with van der Waals surface area (Å²) in [5, 5.41) is 4.42. The lowest BCUT2D eigenvalue weighted by Gasteiger charge is -2.36. The summed E-state index contributed by atoms with van der Waals surface area (Å²) in [7, 11) is 0. The minimum absolute atomic E-state index is 0.0540. The Morgan fingerprint density at radius 2 is 1.56 bits per heavy atom. The Balaban J connectivity index is 1.35. The van der Waals surface area contributed by atoms with Crippen LogP contribution in [0.1, 0.15) is 42.3 Å². The lowest BCUT2D eigenvalue weighted by Crippen LogP contribution is -2.46. The number of carbonyl (C=O) groups is 1. The van der Waals surface area contributed by atoms with Gasteiger partial charge in [0.15, 0.2) is 0 Å². The van der Waals surface area contributed by atoms with Crippen LogP contribution in [-0.4, -0.2) is 37.0 Å². The second kappa shape index (κ2) is 10.4. The maximum atomic E-state index is 12.7. The van der Waals surface area contributed by atoms with Crippen LogP contribution in [0.4, 0.5) is 11.4 Å². The van der Waals surface area contributed by atoms with Gasteiger partial charge in [-0.2, -0.15) is 0 Å². The van der Waals surface area contributed by atoms with E-state index in [9.17, 15) is 4.79 Å². The van der Waals surface area contributed by atoms with E-state index in [1.54, 1.807) is 0 Å². The molecule has 3 aromatic carbocycles. The molecule has 1 heterocycles. The number of anilines is 2. The first-order valence-electron chi connectivity index (χ1n) is 11.6. The smallest absolute Gasteiger partial charge is 0.255 e. The predicted molar refractivity (Wildman–Crippen MR) is 143 cm³/mol. The number of hydrogen-bond acceptors (Lipinski definition) is 3. The Bertz CT molecular complexity index is 1150. The zero-order valence-corrected chi connectivity index (χ0v) is 21.5. The summed E-state index contributed by atoms with van der Waals surface area (Å²) in [5.74, 6) is -0.141. The van der Waals surface area contributed by atoms with Gasteiger partial charge in [-0.1, -0.05) is 74.3 Å². The third-order valence-corrected chi connectivity index (χ3v) is 6.95. The zero-order chi connectivity index (χ0) is 24.3. The van der Waals surface area contributed by atoms with Crippen LogP contribution < -0.4 is 10.2 Å². The number of nitrogens with zero attached hydrogens (tertiary/aromatic N) is 2. The molecule has 1 saturated heterocycles. The van der Waals surface area contributed by atoms with Crippen LogP contribution in [0.5, 0.6) is 0 Å². The van der Waals surface area contributed by atoms with Gasteiger partial charge < -0.3 is 10.2 Å². The molecule has 0 spiro atoms.